The molecule has 0 atom stereocenters. The molecule has 3 N–H and O–H groups in total. The van der Waals surface area contributed by atoms with E-state index in [0.717, 1.165) is 11.3 Å². The summed E-state index contributed by atoms with van der Waals surface area (Å²) in [6.07, 6.45) is 0. The largest absolute Gasteiger partial charge is 0.318 e. The van der Waals surface area contributed by atoms with E-state index >= 15 is 0 Å². The zero-order valence-electron chi connectivity index (χ0n) is 9.27. The smallest absolute Gasteiger partial charge is 0.293 e. The maximum Gasteiger partial charge on any atom is 0.293 e. The van der Waals surface area contributed by atoms with Crippen LogP contribution in [0.2, 0.25) is 0 Å². The highest BCUT2D eigenvalue weighted by atomic mass is 32.2. The minimum Gasteiger partial charge on any atom is -0.318 e. The number of rotatable bonds is 5. The van der Waals surface area contributed by atoms with Crippen LogP contribution in [0.1, 0.15) is 19.4 Å². The van der Waals surface area contributed by atoms with Gasteiger partial charge in [-0.15, -0.1) is 0 Å². The van der Waals surface area contributed by atoms with Crippen molar-refractivity contribution in [1.29, 1.82) is 0 Å². The van der Waals surface area contributed by atoms with Gasteiger partial charge in [0.1, 0.15) is 5.69 Å². The Morgan fingerprint density at radius 3 is 2.75 bits per heavy atom. The fourth-order valence-corrected chi connectivity index (χ4v) is 1.91. The molecule has 6 heteroatoms. The molecule has 0 aliphatic heterocycles. The van der Waals surface area contributed by atoms with Gasteiger partial charge in [0.2, 0.25) is 0 Å². The molecule has 0 bridgehead atoms. The monoisotopic (exact) mass is 241 g/mol. The Bertz CT molecular complexity index is 382. The van der Waals surface area contributed by atoms with Crippen molar-refractivity contribution in [3.8, 4) is 0 Å². The fraction of sp³-hybridized carbons (Fsp3) is 0.400. The Kier molecular flexibility index (Phi) is 4.57. The van der Waals surface area contributed by atoms with E-state index in [1.54, 1.807) is 23.9 Å². The molecule has 1 aromatic carbocycles. The Balaban J connectivity index is 2.89. The summed E-state index contributed by atoms with van der Waals surface area (Å²) in [5.74, 6) is 5.97. The van der Waals surface area contributed by atoms with E-state index in [4.69, 9.17) is 5.84 Å². The SMILES string of the molecule is CC(C)SCc1ccc(NN)c([N+](=O)[O-])c1. The van der Waals surface area contributed by atoms with Crippen molar-refractivity contribution in [2.24, 2.45) is 5.84 Å². The minimum atomic E-state index is -0.432. The summed E-state index contributed by atoms with van der Waals surface area (Å²) >= 11 is 1.74. The summed E-state index contributed by atoms with van der Waals surface area (Å²) in [5.41, 5.74) is 3.61. The molecule has 16 heavy (non-hydrogen) atoms. The lowest BCUT2D eigenvalue weighted by Gasteiger charge is -2.06. The lowest BCUT2D eigenvalue weighted by Crippen LogP contribution is -2.09. The summed E-state index contributed by atoms with van der Waals surface area (Å²) in [7, 11) is 0. The van der Waals surface area contributed by atoms with Crippen LogP contribution in [0.3, 0.4) is 0 Å². The summed E-state index contributed by atoms with van der Waals surface area (Å²) in [5, 5.41) is 11.3. The Morgan fingerprint density at radius 1 is 1.56 bits per heavy atom. The first-order valence-electron chi connectivity index (χ1n) is 4.90. The van der Waals surface area contributed by atoms with Gasteiger partial charge in [0.05, 0.1) is 4.92 Å². The van der Waals surface area contributed by atoms with Gasteiger partial charge in [0, 0.05) is 11.8 Å². The van der Waals surface area contributed by atoms with Gasteiger partial charge in [-0.3, -0.25) is 16.0 Å². The number of hydrogen-bond acceptors (Lipinski definition) is 5. The molecule has 0 aromatic heterocycles. The van der Waals surface area contributed by atoms with Gasteiger partial charge in [-0.25, -0.2) is 0 Å². The van der Waals surface area contributed by atoms with Crippen LogP contribution in [0.4, 0.5) is 11.4 Å². The Morgan fingerprint density at radius 2 is 2.25 bits per heavy atom. The molecule has 0 heterocycles. The van der Waals surface area contributed by atoms with E-state index in [0.29, 0.717) is 10.9 Å². The molecule has 0 saturated carbocycles. The summed E-state index contributed by atoms with van der Waals surface area (Å²) < 4.78 is 0. The zero-order chi connectivity index (χ0) is 12.1. The van der Waals surface area contributed by atoms with Gasteiger partial charge in [0.25, 0.3) is 5.69 Å². The lowest BCUT2D eigenvalue weighted by molar-refractivity contribution is -0.384. The van der Waals surface area contributed by atoms with Gasteiger partial charge in [-0.2, -0.15) is 11.8 Å². The topological polar surface area (TPSA) is 81.2 Å². The highest BCUT2D eigenvalue weighted by Crippen LogP contribution is 2.27. The number of thioether (sulfide) groups is 1. The van der Waals surface area contributed by atoms with E-state index in [1.807, 2.05) is 6.07 Å². The van der Waals surface area contributed by atoms with Crippen molar-refractivity contribution in [2.45, 2.75) is 24.9 Å². The average Bonchev–Trinajstić information content (AvgIpc) is 2.25. The van der Waals surface area contributed by atoms with Crippen molar-refractivity contribution in [1.82, 2.24) is 0 Å². The van der Waals surface area contributed by atoms with Crippen LogP contribution in [0.5, 0.6) is 0 Å². The van der Waals surface area contributed by atoms with Crippen molar-refractivity contribution >= 4 is 23.1 Å². The number of nitrogen functional groups attached to an aromatic ring is 1. The number of nitro benzene ring substituents is 1. The molecule has 0 spiro atoms. The van der Waals surface area contributed by atoms with Crippen molar-refractivity contribution in [3.05, 3.63) is 33.9 Å². The predicted molar refractivity (Wildman–Crippen MR) is 67.3 cm³/mol. The molecule has 0 aliphatic carbocycles. The molecular formula is C10H15N3O2S. The molecule has 1 aromatic rings. The number of hydrazine groups is 1. The number of anilines is 1. The maximum absolute atomic E-state index is 10.8. The average molecular weight is 241 g/mol. The van der Waals surface area contributed by atoms with Crippen LogP contribution in [-0.4, -0.2) is 10.2 Å². The molecule has 0 radical (unpaired) electrons. The molecule has 88 valence electrons. The zero-order valence-corrected chi connectivity index (χ0v) is 10.1. The third-order valence-corrected chi connectivity index (χ3v) is 3.16. The molecule has 0 aliphatic rings. The summed E-state index contributed by atoms with van der Waals surface area (Å²) in [4.78, 5) is 10.3. The fourth-order valence-electron chi connectivity index (χ4n) is 1.20. The highest BCUT2D eigenvalue weighted by molar-refractivity contribution is 7.99. The van der Waals surface area contributed by atoms with Gasteiger partial charge >= 0.3 is 0 Å². The maximum atomic E-state index is 10.8. The highest BCUT2D eigenvalue weighted by Gasteiger charge is 2.13. The number of benzene rings is 1. The van der Waals surface area contributed by atoms with Crippen LogP contribution < -0.4 is 11.3 Å². The number of nitrogens with zero attached hydrogens (tertiary/aromatic N) is 1. The second-order valence-corrected chi connectivity index (χ2v) is 5.18. The van der Waals surface area contributed by atoms with Gasteiger partial charge < -0.3 is 5.43 Å². The van der Waals surface area contributed by atoms with Crippen molar-refractivity contribution in [3.63, 3.8) is 0 Å². The quantitative estimate of drug-likeness (QED) is 0.470. The number of nitro groups is 1. The van der Waals surface area contributed by atoms with Crippen molar-refractivity contribution in [2.75, 3.05) is 5.43 Å². The van der Waals surface area contributed by atoms with E-state index in [-0.39, 0.29) is 5.69 Å². The second kappa shape index (κ2) is 5.72. The van der Waals surface area contributed by atoms with Crippen LogP contribution in [0, 0.1) is 10.1 Å². The number of nitrogens with one attached hydrogen (secondary N) is 1. The third-order valence-electron chi connectivity index (χ3n) is 2.00. The second-order valence-electron chi connectivity index (χ2n) is 3.61. The Labute approximate surface area is 98.5 Å². The van der Waals surface area contributed by atoms with Crippen LogP contribution >= 0.6 is 11.8 Å². The molecule has 1 rings (SSSR count). The molecular weight excluding hydrogens is 226 g/mol. The normalized spacial score (nSPS) is 10.5. The molecule has 0 saturated heterocycles. The first-order chi connectivity index (χ1) is 7.54. The Hall–Kier alpha value is -1.27. The van der Waals surface area contributed by atoms with E-state index in [2.05, 4.69) is 19.3 Å². The number of nitrogens with two attached hydrogens (primary N) is 1. The third kappa shape index (κ3) is 3.39. The summed E-state index contributed by atoms with van der Waals surface area (Å²) in [6, 6.07) is 5.04. The van der Waals surface area contributed by atoms with E-state index < -0.39 is 4.92 Å². The minimum absolute atomic E-state index is 0.0179. The predicted octanol–water partition coefficient (Wildman–Crippen LogP) is 2.52. The molecule has 0 amide bonds. The first-order valence-corrected chi connectivity index (χ1v) is 5.95. The molecule has 0 unspecified atom stereocenters. The van der Waals surface area contributed by atoms with Crippen molar-refractivity contribution < 1.29 is 4.92 Å². The van der Waals surface area contributed by atoms with Crippen LogP contribution in [-0.2, 0) is 5.75 Å². The first kappa shape index (κ1) is 12.8. The summed E-state index contributed by atoms with van der Waals surface area (Å²) in [6.45, 7) is 4.18. The van der Waals surface area contributed by atoms with Gasteiger partial charge in [0.15, 0.2) is 0 Å². The van der Waals surface area contributed by atoms with Crippen LogP contribution in [0.25, 0.3) is 0 Å². The van der Waals surface area contributed by atoms with Crippen LogP contribution in [0.15, 0.2) is 18.2 Å². The van der Waals surface area contributed by atoms with Gasteiger partial charge in [-0.1, -0.05) is 19.9 Å². The standard InChI is InChI=1S/C10H15N3O2S/c1-7(2)16-6-8-3-4-9(12-11)10(5-8)13(14)15/h3-5,7,12H,6,11H2,1-2H3. The molecule has 5 nitrogen and oxygen atoms in total. The van der Waals surface area contributed by atoms with Gasteiger partial charge in [-0.05, 0) is 16.9 Å². The van der Waals surface area contributed by atoms with E-state index in [9.17, 15) is 10.1 Å². The number of hydrogen-bond donors (Lipinski definition) is 2. The lowest BCUT2D eigenvalue weighted by atomic mass is 10.2. The van der Waals surface area contributed by atoms with E-state index in [1.165, 1.54) is 0 Å². The molecule has 0 fully saturated rings.